The minimum Gasteiger partial charge on any atom is -0.427 e. The molecule has 138 valence electrons. The van der Waals surface area contributed by atoms with E-state index in [1.807, 2.05) is 0 Å². The number of anilines is 1. The van der Waals surface area contributed by atoms with Crippen LogP contribution in [0.15, 0.2) is 33.9 Å². The van der Waals surface area contributed by atoms with Crippen molar-refractivity contribution in [2.75, 3.05) is 5.73 Å². The van der Waals surface area contributed by atoms with E-state index < -0.39 is 0 Å². The van der Waals surface area contributed by atoms with Gasteiger partial charge in [0.1, 0.15) is 22.8 Å². The predicted molar refractivity (Wildman–Crippen MR) is 103 cm³/mol. The van der Waals surface area contributed by atoms with Crippen molar-refractivity contribution in [1.29, 1.82) is 5.41 Å². The van der Waals surface area contributed by atoms with Gasteiger partial charge in [0, 0.05) is 24.6 Å². The molecule has 0 spiro atoms. The minimum atomic E-state index is -0.254. The lowest BCUT2D eigenvalue weighted by atomic mass is 10.3. The molecule has 0 aliphatic heterocycles. The van der Waals surface area contributed by atoms with Crippen LogP contribution in [0.25, 0.3) is 21.3 Å². The van der Waals surface area contributed by atoms with Gasteiger partial charge in [-0.1, -0.05) is 0 Å². The number of aryl methyl sites for hydroxylation is 1. The Bertz CT molecular complexity index is 1260. The van der Waals surface area contributed by atoms with Crippen molar-refractivity contribution in [2.45, 2.75) is 13.0 Å². The fourth-order valence-electron chi connectivity index (χ4n) is 2.90. The molecule has 5 N–H and O–H groups in total. The smallest absolute Gasteiger partial charge is 0.292 e. The molecule has 0 radical (unpaired) electrons. The Hall–Kier alpha value is -3.47. The zero-order chi connectivity index (χ0) is 19.1. The molecule has 0 aliphatic rings. The van der Waals surface area contributed by atoms with Crippen LogP contribution < -0.4 is 17.0 Å². The van der Waals surface area contributed by atoms with E-state index in [1.165, 1.54) is 34.5 Å². The average molecular weight is 384 g/mol. The van der Waals surface area contributed by atoms with E-state index in [9.17, 15) is 4.79 Å². The Morgan fingerprint density at radius 3 is 2.96 bits per heavy atom. The fraction of sp³-hybridized carbons (Fsp3) is 0.188. The van der Waals surface area contributed by atoms with Crippen LogP contribution in [0.2, 0.25) is 0 Å². The largest absolute Gasteiger partial charge is 0.427 e. The standard InChI is InChI=1S/C16H16N8O2S/c1-23-12-10(13-14(23)22-11(27-13)4-8(18)2-3-17)6-21-24(15(12)25)7-9-5-20-16(19)26-9/h2-3,5-6,18H,4,7,17H2,1H3,(H2,19,20)/b3-2-,18-8?. The van der Waals surface area contributed by atoms with E-state index in [1.54, 1.807) is 17.8 Å². The lowest BCUT2D eigenvalue weighted by Crippen LogP contribution is -2.24. The van der Waals surface area contributed by atoms with Gasteiger partial charge in [-0.05, 0) is 12.3 Å². The summed E-state index contributed by atoms with van der Waals surface area (Å²) in [4.78, 5) is 21.3. The van der Waals surface area contributed by atoms with Crippen molar-refractivity contribution < 1.29 is 4.42 Å². The third-order valence-corrected chi connectivity index (χ3v) is 5.16. The second kappa shape index (κ2) is 6.36. The van der Waals surface area contributed by atoms with Gasteiger partial charge in [-0.15, -0.1) is 11.3 Å². The molecule has 4 heterocycles. The Morgan fingerprint density at radius 2 is 2.26 bits per heavy atom. The molecule has 0 amide bonds. The lowest BCUT2D eigenvalue weighted by molar-refractivity contribution is 0.483. The number of nitrogens with one attached hydrogen (secondary N) is 1. The van der Waals surface area contributed by atoms with E-state index in [4.69, 9.17) is 21.3 Å². The molecule has 0 aliphatic carbocycles. The third-order valence-electron chi connectivity index (χ3n) is 4.09. The van der Waals surface area contributed by atoms with Crippen LogP contribution in [0.1, 0.15) is 10.8 Å². The number of hydrogen-bond acceptors (Lipinski definition) is 9. The summed E-state index contributed by atoms with van der Waals surface area (Å²) in [6.45, 7) is 0.138. The molecule has 11 heteroatoms. The monoisotopic (exact) mass is 384 g/mol. The summed E-state index contributed by atoms with van der Waals surface area (Å²) in [5, 5.41) is 13.6. The van der Waals surface area contributed by atoms with E-state index in [0.717, 1.165) is 15.1 Å². The summed E-state index contributed by atoms with van der Waals surface area (Å²) in [6.07, 6.45) is 6.35. The van der Waals surface area contributed by atoms with E-state index >= 15 is 0 Å². The number of nitrogens with zero attached hydrogens (tertiary/aromatic N) is 5. The molecular weight excluding hydrogens is 368 g/mol. The van der Waals surface area contributed by atoms with Crippen molar-refractivity contribution in [3.63, 3.8) is 0 Å². The van der Waals surface area contributed by atoms with Crippen molar-refractivity contribution in [2.24, 2.45) is 12.8 Å². The van der Waals surface area contributed by atoms with Gasteiger partial charge < -0.3 is 25.9 Å². The maximum Gasteiger partial charge on any atom is 0.292 e. The highest BCUT2D eigenvalue weighted by molar-refractivity contribution is 7.19. The zero-order valence-corrected chi connectivity index (χ0v) is 15.2. The summed E-state index contributed by atoms with van der Waals surface area (Å²) < 4.78 is 9.14. The molecule has 0 saturated heterocycles. The van der Waals surface area contributed by atoms with Crippen molar-refractivity contribution in [1.82, 2.24) is 24.3 Å². The molecule has 27 heavy (non-hydrogen) atoms. The van der Waals surface area contributed by atoms with Gasteiger partial charge in [0.25, 0.3) is 11.6 Å². The molecule has 0 unspecified atom stereocenters. The number of allylic oxidation sites excluding steroid dienone is 1. The molecule has 0 fully saturated rings. The van der Waals surface area contributed by atoms with Crippen LogP contribution in [0.4, 0.5) is 6.01 Å². The average Bonchev–Trinajstić information content (AvgIpc) is 3.28. The van der Waals surface area contributed by atoms with Crippen LogP contribution in [-0.4, -0.2) is 30.0 Å². The van der Waals surface area contributed by atoms with Gasteiger partial charge >= 0.3 is 0 Å². The fourth-order valence-corrected chi connectivity index (χ4v) is 4.03. The highest BCUT2D eigenvalue weighted by Crippen LogP contribution is 2.31. The molecular formula is C16H16N8O2S. The summed E-state index contributed by atoms with van der Waals surface area (Å²) in [6, 6.07) is 0.0466. The molecule has 0 saturated carbocycles. The first-order chi connectivity index (χ1) is 13.0. The third kappa shape index (κ3) is 2.87. The predicted octanol–water partition coefficient (Wildman–Crippen LogP) is 0.998. The highest BCUT2D eigenvalue weighted by Gasteiger charge is 2.19. The first-order valence-corrected chi connectivity index (χ1v) is 8.79. The Morgan fingerprint density at radius 1 is 1.44 bits per heavy atom. The quantitative estimate of drug-likeness (QED) is 0.433. The van der Waals surface area contributed by atoms with E-state index in [2.05, 4.69) is 15.1 Å². The van der Waals surface area contributed by atoms with Gasteiger partial charge in [-0.25, -0.2) is 14.6 Å². The van der Waals surface area contributed by atoms with Gasteiger partial charge in [0.15, 0.2) is 5.65 Å². The number of oxazole rings is 1. The summed E-state index contributed by atoms with van der Waals surface area (Å²) in [5.74, 6) is 0.448. The topological polar surface area (TPSA) is 155 Å². The van der Waals surface area contributed by atoms with Crippen LogP contribution in [-0.2, 0) is 20.0 Å². The number of thiazole rings is 1. The van der Waals surface area contributed by atoms with E-state index in [0.29, 0.717) is 29.1 Å². The highest BCUT2D eigenvalue weighted by atomic mass is 32.1. The first-order valence-electron chi connectivity index (χ1n) is 7.97. The van der Waals surface area contributed by atoms with Crippen LogP contribution >= 0.6 is 11.3 Å². The number of aromatic nitrogens is 5. The van der Waals surface area contributed by atoms with Crippen LogP contribution in [0.5, 0.6) is 0 Å². The number of nitrogens with two attached hydrogens (primary N) is 2. The molecule has 0 aromatic carbocycles. The Balaban J connectivity index is 1.78. The van der Waals surface area contributed by atoms with Gasteiger partial charge in [0.2, 0.25) is 0 Å². The van der Waals surface area contributed by atoms with Crippen molar-refractivity contribution in [3.05, 3.63) is 45.8 Å². The Kier molecular flexibility index (Phi) is 4.00. The van der Waals surface area contributed by atoms with Gasteiger partial charge in [-0.3, -0.25) is 4.79 Å². The van der Waals surface area contributed by atoms with E-state index in [-0.39, 0.29) is 18.1 Å². The molecule has 0 bridgehead atoms. The summed E-state index contributed by atoms with van der Waals surface area (Å²) >= 11 is 1.44. The summed E-state index contributed by atoms with van der Waals surface area (Å²) in [5.41, 5.74) is 12.1. The van der Waals surface area contributed by atoms with Crippen LogP contribution in [0, 0.1) is 5.41 Å². The van der Waals surface area contributed by atoms with Crippen LogP contribution in [0.3, 0.4) is 0 Å². The normalized spacial score (nSPS) is 11.9. The molecule has 4 aromatic heterocycles. The number of fused-ring (bicyclic) bond motifs is 3. The second-order valence-corrected chi connectivity index (χ2v) is 7.00. The SMILES string of the molecule is Cn1c2nc(CC(=N)/C=C\N)sc2c2cnn(Cc3cnc(N)o3)c(=O)c21. The van der Waals surface area contributed by atoms with Crippen molar-refractivity contribution in [3.8, 4) is 0 Å². The van der Waals surface area contributed by atoms with Crippen molar-refractivity contribution >= 4 is 44.3 Å². The first kappa shape index (κ1) is 17.0. The van der Waals surface area contributed by atoms with Gasteiger partial charge in [0.05, 0.1) is 17.1 Å². The second-order valence-electron chi connectivity index (χ2n) is 5.91. The maximum atomic E-state index is 12.9. The molecule has 4 rings (SSSR count). The number of nitrogen functional groups attached to an aromatic ring is 1. The zero-order valence-electron chi connectivity index (χ0n) is 14.3. The number of rotatable bonds is 5. The lowest BCUT2D eigenvalue weighted by Gasteiger charge is -2.03. The molecule has 10 nitrogen and oxygen atoms in total. The summed E-state index contributed by atoms with van der Waals surface area (Å²) in [7, 11) is 1.79. The maximum absolute atomic E-state index is 12.9. The molecule has 4 aromatic rings. The Labute approximate surface area is 156 Å². The van der Waals surface area contributed by atoms with Gasteiger partial charge in [-0.2, -0.15) is 5.10 Å². The molecule has 0 atom stereocenters. The minimum absolute atomic E-state index is 0.0466. The number of hydrogen-bond donors (Lipinski definition) is 3.